The number of ether oxygens (including phenoxy) is 1. The molecule has 0 bridgehead atoms. The van der Waals surface area contributed by atoms with Crippen molar-refractivity contribution in [2.45, 2.75) is 6.54 Å². The molecule has 1 aromatic carbocycles. The van der Waals surface area contributed by atoms with E-state index in [4.69, 9.17) is 15.7 Å². The average molecular weight is 281 g/mol. The Bertz CT molecular complexity index is 459. The molecule has 0 spiro atoms. The molecule has 1 fully saturated rings. The SMILES string of the molecule is COc1ccc(CN2CCSCC2)cc1C(N)=NO. The average Bonchev–Trinajstić information content (AvgIpc) is 2.47. The van der Waals surface area contributed by atoms with E-state index in [-0.39, 0.29) is 5.84 Å². The Morgan fingerprint density at radius 3 is 2.84 bits per heavy atom. The zero-order chi connectivity index (χ0) is 13.7. The van der Waals surface area contributed by atoms with Crippen molar-refractivity contribution in [3.8, 4) is 5.75 Å². The van der Waals surface area contributed by atoms with Crippen LogP contribution in [0.15, 0.2) is 23.4 Å². The molecule has 0 atom stereocenters. The van der Waals surface area contributed by atoms with Crippen molar-refractivity contribution in [1.29, 1.82) is 0 Å². The van der Waals surface area contributed by atoms with Crippen LogP contribution in [0.2, 0.25) is 0 Å². The van der Waals surface area contributed by atoms with Crippen LogP contribution in [0.5, 0.6) is 5.75 Å². The van der Waals surface area contributed by atoms with Gasteiger partial charge in [-0.15, -0.1) is 0 Å². The first-order chi connectivity index (χ1) is 9.24. The lowest BCUT2D eigenvalue weighted by Crippen LogP contribution is -2.32. The molecule has 5 nitrogen and oxygen atoms in total. The molecule has 1 heterocycles. The van der Waals surface area contributed by atoms with Crippen molar-refractivity contribution >= 4 is 17.6 Å². The van der Waals surface area contributed by atoms with E-state index in [0.29, 0.717) is 11.3 Å². The Morgan fingerprint density at radius 1 is 1.47 bits per heavy atom. The standard InChI is InChI=1S/C13H19N3O2S/c1-18-12-3-2-10(8-11(12)13(14)15-17)9-16-4-6-19-7-5-16/h2-3,8,17H,4-7,9H2,1H3,(H2,14,15). The van der Waals surface area contributed by atoms with Gasteiger partial charge in [-0.05, 0) is 17.7 Å². The number of benzene rings is 1. The number of methoxy groups -OCH3 is 1. The molecule has 19 heavy (non-hydrogen) atoms. The summed E-state index contributed by atoms with van der Waals surface area (Å²) < 4.78 is 5.22. The highest BCUT2D eigenvalue weighted by molar-refractivity contribution is 7.99. The fraction of sp³-hybridized carbons (Fsp3) is 0.462. The molecule has 1 saturated heterocycles. The van der Waals surface area contributed by atoms with Crippen LogP contribution in [0.4, 0.5) is 0 Å². The number of hydrogen-bond acceptors (Lipinski definition) is 5. The molecule has 1 aliphatic heterocycles. The van der Waals surface area contributed by atoms with E-state index in [2.05, 4.69) is 10.1 Å². The topological polar surface area (TPSA) is 71.1 Å². The Morgan fingerprint density at radius 2 is 2.21 bits per heavy atom. The second-order valence-corrected chi connectivity index (χ2v) is 5.63. The van der Waals surface area contributed by atoms with Crippen LogP contribution in [0, 0.1) is 0 Å². The quantitative estimate of drug-likeness (QED) is 0.377. The minimum atomic E-state index is 0.0768. The molecule has 0 amide bonds. The first-order valence-electron chi connectivity index (χ1n) is 6.19. The summed E-state index contributed by atoms with van der Waals surface area (Å²) >= 11 is 1.99. The van der Waals surface area contributed by atoms with Crippen LogP contribution >= 0.6 is 11.8 Å². The third-order valence-electron chi connectivity index (χ3n) is 3.16. The van der Waals surface area contributed by atoms with Crippen LogP contribution in [0.25, 0.3) is 0 Å². The molecule has 0 radical (unpaired) electrons. The summed E-state index contributed by atoms with van der Waals surface area (Å²) in [6.45, 7) is 3.10. The fourth-order valence-corrected chi connectivity index (χ4v) is 3.10. The maximum absolute atomic E-state index is 8.81. The van der Waals surface area contributed by atoms with Crippen molar-refractivity contribution in [3.63, 3.8) is 0 Å². The highest BCUT2D eigenvalue weighted by Crippen LogP contribution is 2.21. The number of nitrogens with two attached hydrogens (primary N) is 1. The third kappa shape index (κ3) is 3.54. The smallest absolute Gasteiger partial charge is 0.173 e. The van der Waals surface area contributed by atoms with Gasteiger partial charge in [0.15, 0.2) is 5.84 Å². The van der Waals surface area contributed by atoms with E-state index < -0.39 is 0 Å². The first-order valence-corrected chi connectivity index (χ1v) is 7.35. The van der Waals surface area contributed by atoms with Gasteiger partial charge < -0.3 is 15.7 Å². The lowest BCUT2D eigenvalue weighted by Gasteiger charge is -2.26. The van der Waals surface area contributed by atoms with Gasteiger partial charge in [-0.2, -0.15) is 11.8 Å². The number of oxime groups is 1. The second kappa shape index (κ2) is 6.68. The normalized spacial score (nSPS) is 17.4. The van der Waals surface area contributed by atoms with Crippen molar-refractivity contribution in [2.24, 2.45) is 10.9 Å². The maximum atomic E-state index is 8.81. The van der Waals surface area contributed by atoms with E-state index in [9.17, 15) is 0 Å². The van der Waals surface area contributed by atoms with Gasteiger partial charge in [0.2, 0.25) is 0 Å². The summed E-state index contributed by atoms with van der Waals surface area (Å²) in [7, 11) is 1.57. The second-order valence-electron chi connectivity index (χ2n) is 4.41. The van der Waals surface area contributed by atoms with E-state index in [1.165, 1.54) is 11.5 Å². The van der Waals surface area contributed by atoms with Gasteiger partial charge in [0, 0.05) is 31.1 Å². The fourth-order valence-electron chi connectivity index (χ4n) is 2.12. The van der Waals surface area contributed by atoms with Gasteiger partial charge >= 0.3 is 0 Å². The monoisotopic (exact) mass is 281 g/mol. The Hall–Kier alpha value is -1.40. The zero-order valence-corrected chi connectivity index (χ0v) is 11.8. The Labute approximate surface area is 117 Å². The predicted molar refractivity (Wildman–Crippen MR) is 78.1 cm³/mol. The van der Waals surface area contributed by atoms with Crippen LogP contribution in [0.3, 0.4) is 0 Å². The number of amidine groups is 1. The van der Waals surface area contributed by atoms with E-state index in [1.807, 2.05) is 30.0 Å². The van der Waals surface area contributed by atoms with E-state index in [1.54, 1.807) is 7.11 Å². The van der Waals surface area contributed by atoms with Crippen molar-refractivity contribution in [1.82, 2.24) is 4.90 Å². The van der Waals surface area contributed by atoms with E-state index in [0.717, 1.165) is 25.2 Å². The first kappa shape index (κ1) is 14.0. The van der Waals surface area contributed by atoms with Crippen molar-refractivity contribution in [3.05, 3.63) is 29.3 Å². The van der Waals surface area contributed by atoms with Crippen LogP contribution < -0.4 is 10.5 Å². The molecule has 0 aliphatic carbocycles. The molecular formula is C13H19N3O2S. The van der Waals surface area contributed by atoms with Gasteiger partial charge in [-0.25, -0.2) is 0 Å². The number of hydrogen-bond donors (Lipinski definition) is 2. The summed E-state index contributed by atoms with van der Waals surface area (Å²) in [5.74, 6) is 3.06. The predicted octanol–water partition coefficient (Wildman–Crippen LogP) is 1.34. The lowest BCUT2D eigenvalue weighted by atomic mass is 10.1. The molecule has 6 heteroatoms. The Kier molecular flexibility index (Phi) is 4.93. The highest BCUT2D eigenvalue weighted by atomic mass is 32.2. The van der Waals surface area contributed by atoms with Crippen LogP contribution in [0.1, 0.15) is 11.1 Å². The third-order valence-corrected chi connectivity index (χ3v) is 4.10. The summed E-state index contributed by atoms with van der Waals surface area (Å²) in [5, 5.41) is 11.9. The summed E-state index contributed by atoms with van der Waals surface area (Å²) in [4.78, 5) is 2.41. The van der Waals surface area contributed by atoms with Gasteiger partial charge in [0.1, 0.15) is 5.75 Å². The van der Waals surface area contributed by atoms with Gasteiger partial charge in [0.25, 0.3) is 0 Å². The number of rotatable bonds is 4. The molecule has 3 N–H and O–H groups in total. The van der Waals surface area contributed by atoms with Gasteiger partial charge in [0.05, 0.1) is 12.7 Å². The Balaban J connectivity index is 2.17. The minimum absolute atomic E-state index is 0.0768. The maximum Gasteiger partial charge on any atom is 0.173 e. The molecule has 104 valence electrons. The summed E-state index contributed by atoms with van der Waals surface area (Å²) in [6.07, 6.45) is 0. The van der Waals surface area contributed by atoms with Crippen molar-refractivity contribution in [2.75, 3.05) is 31.7 Å². The van der Waals surface area contributed by atoms with Crippen LogP contribution in [-0.2, 0) is 6.54 Å². The molecule has 2 rings (SSSR count). The molecule has 0 unspecified atom stereocenters. The van der Waals surface area contributed by atoms with Gasteiger partial charge in [-0.3, -0.25) is 4.90 Å². The highest BCUT2D eigenvalue weighted by Gasteiger charge is 2.13. The zero-order valence-electron chi connectivity index (χ0n) is 11.0. The largest absolute Gasteiger partial charge is 0.496 e. The summed E-state index contributed by atoms with van der Waals surface area (Å²) in [6, 6.07) is 5.81. The molecular weight excluding hydrogens is 262 g/mol. The summed E-state index contributed by atoms with van der Waals surface area (Å²) in [5.41, 5.74) is 7.46. The number of thioether (sulfide) groups is 1. The van der Waals surface area contributed by atoms with Gasteiger partial charge in [-0.1, -0.05) is 11.2 Å². The lowest BCUT2D eigenvalue weighted by molar-refractivity contribution is 0.294. The molecule has 1 aliphatic rings. The van der Waals surface area contributed by atoms with Crippen molar-refractivity contribution < 1.29 is 9.94 Å². The van der Waals surface area contributed by atoms with Crippen LogP contribution in [-0.4, -0.2) is 47.6 Å². The molecule has 1 aromatic rings. The number of nitrogens with zero attached hydrogens (tertiary/aromatic N) is 2. The molecule has 0 aromatic heterocycles. The molecule has 0 saturated carbocycles. The van der Waals surface area contributed by atoms with E-state index >= 15 is 0 Å². The minimum Gasteiger partial charge on any atom is -0.496 e.